The number of fused-ring (bicyclic) bond motifs is 1. The Bertz CT molecular complexity index is 265. The monoisotopic (exact) mass is 166 g/mol. The van der Waals surface area contributed by atoms with E-state index in [2.05, 4.69) is 0 Å². The van der Waals surface area contributed by atoms with Crippen molar-refractivity contribution in [2.24, 2.45) is 5.92 Å². The summed E-state index contributed by atoms with van der Waals surface area (Å²) in [6.45, 7) is 0.209. The fraction of sp³-hybridized carbons (Fsp3) is 0.444. The molecule has 3 heteroatoms. The van der Waals surface area contributed by atoms with E-state index in [-0.39, 0.29) is 24.4 Å². The Hall–Kier alpha value is -1.09. The second-order valence-corrected chi connectivity index (χ2v) is 2.88. The fourth-order valence-electron chi connectivity index (χ4n) is 1.56. The highest BCUT2D eigenvalue weighted by molar-refractivity contribution is 5.87. The van der Waals surface area contributed by atoms with E-state index in [0.717, 1.165) is 5.76 Å². The molecule has 1 heterocycles. The van der Waals surface area contributed by atoms with Gasteiger partial charge in [-0.15, -0.1) is 0 Å². The van der Waals surface area contributed by atoms with Crippen molar-refractivity contribution in [1.29, 1.82) is 0 Å². The summed E-state index contributed by atoms with van der Waals surface area (Å²) < 4.78 is 10.4. The van der Waals surface area contributed by atoms with Gasteiger partial charge in [-0.25, -0.2) is 0 Å². The third-order valence-electron chi connectivity index (χ3n) is 2.20. The summed E-state index contributed by atoms with van der Waals surface area (Å²) in [4.78, 5) is 11.2. The van der Waals surface area contributed by atoms with Crippen LogP contribution in [0.5, 0.6) is 0 Å². The fourth-order valence-corrected chi connectivity index (χ4v) is 1.56. The summed E-state index contributed by atoms with van der Waals surface area (Å²) in [5.74, 6) is 0.761. The van der Waals surface area contributed by atoms with Crippen LogP contribution in [-0.2, 0) is 14.3 Å². The number of methoxy groups -OCH3 is 1. The Labute approximate surface area is 70.7 Å². The summed E-state index contributed by atoms with van der Waals surface area (Å²) in [7, 11) is 1.59. The molecule has 0 amide bonds. The number of carbonyl (C=O) groups is 1. The molecule has 2 unspecified atom stereocenters. The molecule has 64 valence electrons. The van der Waals surface area contributed by atoms with Crippen LogP contribution in [0.15, 0.2) is 24.0 Å². The van der Waals surface area contributed by atoms with Crippen molar-refractivity contribution in [2.45, 2.75) is 6.10 Å². The molecule has 1 aliphatic heterocycles. The molecule has 0 saturated carbocycles. The van der Waals surface area contributed by atoms with Crippen LogP contribution < -0.4 is 0 Å². The van der Waals surface area contributed by atoms with Crippen LogP contribution in [0.3, 0.4) is 0 Å². The third kappa shape index (κ3) is 0.975. The highest BCUT2D eigenvalue weighted by Crippen LogP contribution is 2.28. The Balaban J connectivity index is 2.26. The standard InChI is InChI=1S/C9H10O3/c1-11-8-4-2-3-6-7(10)5-12-9(6)8/h2-4,6,9H,5H2,1H3. The van der Waals surface area contributed by atoms with Crippen molar-refractivity contribution < 1.29 is 14.3 Å². The van der Waals surface area contributed by atoms with Crippen molar-refractivity contribution in [3.05, 3.63) is 24.0 Å². The number of allylic oxidation sites excluding steroid dienone is 2. The van der Waals surface area contributed by atoms with E-state index in [1.165, 1.54) is 0 Å². The molecule has 2 rings (SSSR count). The quantitative estimate of drug-likeness (QED) is 0.574. The van der Waals surface area contributed by atoms with E-state index in [4.69, 9.17) is 9.47 Å². The van der Waals surface area contributed by atoms with Gasteiger partial charge in [-0.2, -0.15) is 0 Å². The van der Waals surface area contributed by atoms with Gasteiger partial charge in [0.15, 0.2) is 5.78 Å². The van der Waals surface area contributed by atoms with Crippen LogP contribution in [0.1, 0.15) is 0 Å². The lowest BCUT2D eigenvalue weighted by atomic mass is 9.95. The van der Waals surface area contributed by atoms with Gasteiger partial charge in [0, 0.05) is 0 Å². The smallest absolute Gasteiger partial charge is 0.168 e. The van der Waals surface area contributed by atoms with Gasteiger partial charge in [0.1, 0.15) is 18.5 Å². The Morgan fingerprint density at radius 2 is 2.50 bits per heavy atom. The largest absolute Gasteiger partial charge is 0.498 e. The summed E-state index contributed by atoms with van der Waals surface area (Å²) in [6.07, 6.45) is 5.36. The molecule has 2 aliphatic rings. The van der Waals surface area contributed by atoms with Gasteiger partial charge in [0.05, 0.1) is 13.0 Å². The van der Waals surface area contributed by atoms with Gasteiger partial charge in [0.25, 0.3) is 0 Å². The van der Waals surface area contributed by atoms with Gasteiger partial charge in [-0.1, -0.05) is 12.2 Å². The first-order valence-corrected chi connectivity index (χ1v) is 3.89. The zero-order valence-electron chi connectivity index (χ0n) is 6.82. The molecule has 1 aliphatic carbocycles. The second-order valence-electron chi connectivity index (χ2n) is 2.88. The van der Waals surface area contributed by atoms with Gasteiger partial charge in [0.2, 0.25) is 0 Å². The van der Waals surface area contributed by atoms with E-state index in [1.54, 1.807) is 7.11 Å². The molecule has 0 radical (unpaired) electrons. The summed E-state index contributed by atoms with van der Waals surface area (Å²) in [5, 5.41) is 0. The first kappa shape index (κ1) is 7.55. The lowest BCUT2D eigenvalue weighted by Crippen LogP contribution is -2.23. The van der Waals surface area contributed by atoms with E-state index >= 15 is 0 Å². The molecule has 0 N–H and O–H groups in total. The summed E-state index contributed by atoms with van der Waals surface area (Å²) in [6, 6.07) is 0. The SMILES string of the molecule is COC1=CC=CC2C(=O)COC12. The molecule has 0 spiro atoms. The van der Waals surface area contributed by atoms with E-state index < -0.39 is 0 Å². The molecule has 2 atom stereocenters. The van der Waals surface area contributed by atoms with Gasteiger partial charge >= 0.3 is 0 Å². The van der Waals surface area contributed by atoms with Crippen molar-refractivity contribution in [1.82, 2.24) is 0 Å². The highest BCUT2D eigenvalue weighted by Gasteiger charge is 2.38. The summed E-state index contributed by atoms with van der Waals surface area (Å²) in [5.41, 5.74) is 0. The van der Waals surface area contributed by atoms with Crippen molar-refractivity contribution in [2.75, 3.05) is 13.7 Å². The minimum atomic E-state index is -0.174. The maximum absolute atomic E-state index is 11.2. The van der Waals surface area contributed by atoms with Gasteiger partial charge in [-0.05, 0) is 6.08 Å². The highest BCUT2D eigenvalue weighted by atomic mass is 16.5. The normalized spacial score (nSPS) is 33.1. The molecule has 0 aromatic heterocycles. The minimum Gasteiger partial charge on any atom is -0.498 e. The number of hydrogen-bond donors (Lipinski definition) is 0. The predicted octanol–water partition coefficient (Wildman–Crippen LogP) is 0.671. The number of ketones is 1. The number of Topliss-reactive ketones (excluding diaryl/α,β-unsaturated/α-hetero) is 1. The Morgan fingerprint density at radius 1 is 1.67 bits per heavy atom. The number of carbonyl (C=O) groups excluding carboxylic acids is 1. The zero-order valence-corrected chi connectivity index (χ0v) is 6.82. The van der Waals surface area contributed by atoms with Crippen molar-refractivity contribution in [3.63, 3.8) is 0 Å². The molecule has 0 bridgehead atoms. The van der Waals surface area contributed by atoms with Crippen molar-refractivity contribution in [3.8, 4) is 0 Å². The van der Waals surface area contributed by atoms with Gasteiger partial charge < -0.3 is 9.47 Å². The molecule has 1 saturated heterocycles. The molecular formula is C9H10O3. The lowest BCUT2D eigenvalue weighted by molar-refractivity contribution is -0.119. The average Bonchev–Trinajstić information content (AvgIpc) is 2.48. The second kappa shape index (κ2) is 2.75. The number of ether oxygens (including phenoxy) is 2. The molecule has 0 aromatic rings. The first-order valence-electron chi connectivity index (χ1n) is 3.89. The lowest BCUT2D eigenvalue weighted by Gasteiger charge is -2.19. The molecule has 3 nitrogen and oxygen atoms in total. The molecule has 1 fully saturated rings. The van der Waals surface area contributed by atoms with Crippen LogP contribution in [0, 0.1) is 5.92 Å². The minimum absolute atomic E-state index is 0.120. The van der Waals surface area contributed by atoms with Crippen LogP contribution in [-0.4, -0.2) is 25.6 Å². The zero-order chi connectivity index (χ0) is 8.55. The van der Waals surface area contributed by atoms with Gasteiger partial charge in [-0.3, -0.25) is 4.79 Å². The predicted molar refractivity (Wildman–Crippen MR) is 42.5 cm³/mol. The van der Waals surface area contributed by atoms with E-state index in [0.29, 0.717) is 0 Å². The average molecular weight is 166 g/mol. The molecule has 12 heavy (non-hydrogen) atoms. The maximum Gasteiger partial charge on any atom is 0.168 e. The summed E-state index contributed by atoms with van der Waals surface area (Å²) >= 11 is 0. The third-order valence-corrected chi connectivity index (χ3v) is 2.20. The number of hydrogen-bond acceptors (Lipinski definition) is 3. The number of rotatable bonds is 1. The molecular weight excluding hydrogens is 156 g/mol. The van der Waals surface area contributed by atoms with Crippen LogP contribution in [0.4, 0.5) is 0 Å². The van der Waals surface area contributed by atoms with E-state index in [1.807, 2.05) is 18.2 Å². The van der Waals surface area contributed by atoms with Crippen LogP contribution >= 0.6 is 0 Å². The molecule has 0 aromatic carbocycles. The Kier molecular flexibility index (Phi) is 1.73. The maximum atomic E-state index is 11.2. The van der Waals surface area contributed by atoms with Crippen LogP contribution in [0.25, 0.3) is 0 Å². The topological polar surface area (TPSA) is 35.5 Å². The van der Waals surface area contributed by atoms with Crippen LogP contribution in [0.2, 0.25) is 0 Å². The Morgan fingerprint density at radius 3 is 3.25 bits per heavy atom. The van der Waals surface area contributed by atoms with Crippen molar-refractivity contribution >= 4 is 5.78 Å². The van der Waals surface area contributed by atoms with E-state index in [9.17, 15) is 4.79 Å². The first-order chi connectivity index (χ1) is 5.83.